The Kier molecular flexibility index (Phi) is 10.1. The van der Waals surface area contributed by atoms with Gasteiger partial charge in [0, 0.05) is 0 Å². The molecule has 14 nitrogen and oxygen atoms in total. The first-order valence-electron chi connectivity index (χ1n) is 7.95. The number of nitrogens with one attached hydrogen (secondary N) is 3. The number of nitrogens with two attached hydrogens (primary N) is 3. The number of carbonyl (C=O) groups is 6. The number of aliphatic hydroxyl groups excluding tert-OH is 1. The standard InChI is InChI=1S/C14H24N6O8/c1-5(21)11(20-12(25)6(15)2-8(16)22)13(26)18-4-10(24)19-7(14(27)28)3-9(17)23/h5-7,11,21H,2-4,15H2,1H3,(H2,16,22)(H2,17,23)(H,18,26)(H,19,24)(H,20,25)(H,27,28). The molecule has 0 aromatic heterocycles. The number of hydrogen-bond acceptors (Lipinski definition) is 8. The minimum absolute atomic E-state index is 0.487. The Morgan fingerprint density at radius 3 is 1.89 bits per heavy atom. The molecule has 11 N–H and O–H groups in total. The number of aliphatic hydroxyl groups is 1. The molecule has 4 atom stereocenters. The second kappa shape index (κ2) is 11.5. The second-order valence-electron chi connectivity index (χ2n) is 5.85. The highest BCUT2D eigenvalue weighted by atomic mass is 16.4. The van der Waals surface area contributed by atoms with Crippen molar-refractivity contribution in [2.45, 2.75) is 44.0 Å². The van der Waals surface area contributed by atoms with Crippen LogP contribution in [-0.2, 0) is 28.8 Å². The van der Waals surface area contributed by atoms with Gasteiger partial charge in [-0.3, -0.25) is 24.0 Å². The summed E-state index contributed by atoms with van der Waals surface area (Å²) < 4.78 is 0. The first kappa shape index (κ1) is 24.7. The molecule has 0 aliphatic heterocycles. The fraction of sp³-hybridized carbons (Fsp3) is 0.571. The zero-order valence-corrected chi connectivity index (χ0v) is 15.0. The van der Waals surface area contributed by atoms with Crippen molar-refractivity contribution >= 4 is 35.5 Å². The molecule has 0 aromatic carbocycles. The molecule has 5 amide bonds. The Hall–Kier alpha value is -3.26. The normalized spacial score (nSPS) is 14.7. The van der Waals surface area contributed by atoms with Gasteiger partial charge in [0.15, 0.2) is 0 Å². The van der Waals surface area contributed by atoms with Gasteiger partial charge in [-0.15, -0.1) is 0 Å². The molecule has 0 aliphatic rings. The van der Waals surface area contributed by atoms with Crippen LogP contribution in [0.25, 0.3) is 0 Å². The first-order valence-corrected chi connectivity index (χ1v) is 7.95. The van der Waals surface area contributed by atoms with Gasteiger partial charge in [0.1, 0.15) is 12.1 Å². The Balaban J connectivity index is 4.78. The van der Waals surface area contributed by atoms with Crippen LogP contribution in [0.2, 0.25) is 0 Å². The number of hydrogen-bond donors (Lipinski definition) is 8. The lowest BCUT2D eigenvalue weighted by Crippen LogP contribution is -2.57. The Morgan fingerprint density at radius 2 is 1.46 bits per heavy atom. The summed E-state index contributed by atoms with van der Waals surface area (Å²) in [5.74, 6) is -6.18. The Bertz CT molecular complexity index is 637. The van der Waals surface area contributed by atoms with Crippen LogP contribution in [0.4, 0.5) is 0 Å². The number of primary amides is 2. The van der Waals surface area contributed by atoms with Crippen molar-refractivity contribution in [1.29, 1.82) is 0 Å². The molecule has 28 heavy (non-hydrogen) atoms. The molecule has 158 valence electrons. The number of rotatable bonds is 12. The predicted octanol–water partition coefficient (Wildman–Crippen LogP) is -5.38. The summed E-state index contributed by atoms with van der Waals surface area (Å²) in [7, 11) is 0. The van der Waals surface area contributed by atoms with E-state index in [-0.39, 0.29) is 0 Å². The van der Waals surface area contributed by atoms with Gasteiger partial charge >= 0.3 is 5.97 Å². The highest BCUT2D eigenvalue weighted by molar-refractivity contribution is 5.94. The summed E-state index contributed by atoms with van der Waals surface area (Å²) in [4.78, 5) is 68.1. The van der Waals surface area contributed by atoms with Crippen LogP contribution in [0.1, 0.15) is 19.8 Å². The maximum absolute atomic E-state index is 12.1. The van der Waals surface area contributed by atoms with E-state index in [0.717, 1.165) is 0 Å². The average Bonchev–Trinajstić information content (AvgIpc) is 2.55. The molecule has 0 saturated heterocycles. The van der Waals surface area contributed by atoms with Crippen LogP contribution in [0, 0.1) is 0 Å². The van der Waals surface area contributed by atoms with E-state index >= 15 is 0 Å². The summed E-state index contributed by atoms with van der Waals surface area (Å²) in [6.45, 7) is 0.464. The molecule has 0 aliphatic carbocycles. The second-order valence-corrected chi connectivity index (χ2v) is 5.85. The summed E-state index contributed by atoms with van der Waals surface area (Å²) in [5, 5.41) is 24.7. The van der Waals surface area contributed by atoms with Gasteiger partial charge in [0.2, 0.25) is 29.5 Å². The van der Waals surface area contributed by atoms with Crippen molar-refractivity contribution in [1.82, 2.24) is 16.0 Å². The first-order chi connectivity index (χ1) is 12.8. The van der Waals surface area contributed by atoms with E-state index in [2.05, 4.69) is 10.6 Å². The lowest BCUT2D eigenvalue weighted by Gasteiger charge is -2.22. The van der Waals surface area contributed by atoms with E-state index in [0.29, 0.717) is 0 Å². The van der Waals surface area contributed by atoms with Crippen LogP contribution >= 0.6 is 0 Å². The molecule has 0 rings (SSSR count). The maximum Gasteiger partial charge on any atom is 0.326 e. The zero-order chi connectivity index (χ0) is 22.0. The highest BCUT2D eigenvalue weighted by Gasteiger charge is 2.29. The topological polar surface area (TPSA) is 257 Å². The van der Waals surface area contributed by atoms with E-state index in [9.17, 15) is 33.9 Å². The third kappa shape index (κ3) is 9.44. The molecule has 0 heterocycles. The largest absolute Gasteiger partial charge is 0.480 e. The number of carboxylic acid groups (broad SMARTS) is 1. The minimum Gasteiger partial charge on any atom is -0.480 e. The Morgan fingerprint density at radius 1 is 0.929 bits per heavy atom. The molecular formula is C14H24N6O8. The average molecular weight is 404 g/mol. The summed E-state index contributed by atoms with van der Waals surface area (Å²) in [6, 6.07) is -4.44. The van der Waals surface area contributed by atoms with Crippen molar-refractivity contribution in [2.24, 2.45) is 17.2 Å². The van der Waals surface area contributed by atoms with Gasteiger partial charge in [-0.1, -0.05) is 0 Å². The fourth-order valence-electron chi connectivity index (χ4n) is 1.90. The zero-order valence-electron chi connectivity index (χ0n) is 15.0. The lowest BCUT2D eigenvalue weighted by molar-refractivity contribution is -0.143. The van der Waals surface area contributed by atoms with Crippen LogP contribution < -0.4 is 33.2 Å². The van der Waals surface area contributed by atoms with Crippen molar-refractivity contribution in [2.75, 3.05) is 6.54 Å². The minimum atomic E-state index is -1.58. The quantitative estimate of drug-likeness (QED) is 0.154. The van der Waals surface area contributed by atoms with E-state index in [1.54, 1.807) is 0 Å². The third-order valence-electron chi connectivity index (χ3n) is 3.28. The van der Waals surface area contributed by atoms with E-state index < -0.39 is 79.1 Å². The maximum atomic E-state index is 12.1. The molecule has 0 spiro atoms. The number of amides is 5. The lowest BCUT2D eigenvalue weighted by atomic mass is 10.1. The van der Waals surface area contributed by atoms with Crippen molar-refractivity contribution in [3.05, 3.63) is 0 Å². The number of carboxylic acids is 1. The molecule has 0 bridgehead atoms. The van der Waals surface area contributed by atoms with Crippen LogP contribution in [0.15, 0.2) is 0 Å². The van der Waals surface area contributed by atoms with Crippen molar-refractivity contribution in [3.8, 4) is 0 Å². The molecule has 0 radical (unpaired) electrons. The molecule has 14 heteroatoms. The predicted molar refractivity (Wildman–Crippen MR) is 91.8 cm³/mol. The van der Waals surface area contributed by atoms with E-state index in [1.807, 2.05) is 5.32 Å². The smallest absolute Gasteiger partial charge is 0.326 e. The van der Waals surface area contributed by atoms with Crippen LogP contribution in [-0.4, -0.2) is 76.5 Å². The SMILES string of the molecule is CC(O)C(NC(=O)C(N)CC(N)=O)C(=O)NCC(=O)NC(CC(N)=O)C(=O)O. The van der Waals surface area contributed by atoms with Gasteiger partial charge in [-0.2, -0.15) is 0 Å². The van der Waals surface area contributed by atoms with E-state index in [4.69, 9.17) is 22.3 Å². The van der Waals surface area contributed by atoms with Gasteiger partial charge < -0.3 is 43.4 Å². The summed E-state index contributed by atoms with van der Waals surface area (Å²) in [5.41, 5.74) is 15.2. The third-order valence-corrected chi connectivity index (χ3v) is 3.28. The van der Waals surface area contributed by atoms with Crippen LogP contribution in [0.5, 0.6) is 0 Å². The van der Waals surface area contributed by atoms with Gasteiger partial charge in [0.05, 0.1) is 31.5 Å². The molecule has 0 fully saturated rings. The van der Waals surface area contributed by atoms with Crippen molar-refractivity contribution in [3.63, 3.8) is 0 Å². The van der Waals surface area contributed by atoms with Gasteiger partial charge in [-0.25, -0.2) is 4.79 Å². The number of aliphatic carboxylic acids is 1. The molecule has 0 saturated carbocycles. The van der Waals surface area contributed by atoms with Gasteiger partial charge in [-0.05, 0) is 6.92 Å². The summed E-state index contributed by atoms with van der Waals surface area (Å²) >= 11 is 0. The van der Waals surface area contributed by atoms with Crippen molar-refractivity contribution < 1.29 is 39.0 Å². The monoisotopic (exact) mass is 404 g/mol. The van der Waals surface area contributed by atoms with Gasteiger partial charge in [0.25, 0.3) is 0 Å². The highest BCUT2D eigenvalue weighted by Crippen LogP contribution is 1.97. The summed E-state index contributed by atoms with van der Waals surface area (Å²) in [6.07, 6.45) is -2.53. The molecule has 0 aromatic rings. The number of carbonyl (C=O) groups excluding carboxylic acids is 5. The van der Waals surface area contributed by atoms with Crippen LogP contribution in [0.3, 0.4) is 0 Å². The van der Waals surface area contributed by atoms with E-state index in [1.165, 1.54) is 6.92 Å². The Labute approximate surface area is 159 Å². The fourth-order valence-corrected chi connectivity index (χ4v) is 1.90. The molecule has 4 unspecified atom stereocenters. The molecular weight excluding hydrogens is 380 g/mol.